The average molecular weight is 1580 g/mol. The fourth-order valence-electron chi connectivity index (χ4n) is 13.8. The number of hydrogen-bond donors (Lipinski definition) is 4. The maximum absolute atomic E-state index is 13.7. The molecule has 0 heterocycles. The highest BCUT2D eigenvalue weighted by molar-refractivity contribution is 9.11. The maximum Gasteiger partial charge on any atom is 0.310 e. The number of hydrogen-bond acceptors (Lipinski definition) is 12. The number of unbranched alkanes of at least 4 members (excludes halogenated alkanes) is 22. The molecule has 0 fully saturated rings. The predicted molar refractivity (Wildman–Crippen MR) is 406 cm³/mol. The first-order valence-corrected chi connectivity index (χ1v) is 38.7. The smallest absolute Gasteiger partial charge is 0.310 e. The summed E-state index contributed by atoms with van der Waals surface area (Å²) >= 11 is 14.6. The number of nitrogens with one attached hydrogen (secondary N) is 2. The molecule has 0 amide bonds. The van der Waals surface area contributed by atoms with Gasteiger partial charge in [-0.05, 0) is 148 Å². The zero-order valence-electron chi connectivity index (χ0n) is 56.1. The Morgan fingerprint density at radius 1 is 0.381 bits per heavy atom. The summed E-state index contributed by atoms with van der Waals surface area (Å²) in [7, 11) is 0. The first-order valence-electron chi connectivity index (χ1n) is 35.5. The molecule has 0 aromatic heterocycles. The Balaban J connectivity index is 0.0000133. The largest absolute Gasteiger partial charge is 0.507 e. The number of anilines is 4. The Bertz CT molecular complexity index is 3360. The van der Waals surface area contributed by atoms with Gasteiger partial charge in [-0.2, -0.15) is 0 Å². The number of carbonyl (C=O) groups excluding carboxylic acids is 6. The van der Waals surface area contributed by atoms with E-state index in [1.807, 2.05) is 24.3 Å². The minimum Gasteiger partial charge on any atom is -0.507 e. The van der Waals surface area contributed by atoms with Gasteiger partial charge in [-0.15, -0.1) is 0 Å². The molecule has 2 aliphatic rings. The molecule has 0 aliphatic heterocycles. The Morgan fingerprint density at radius 3 is 0.948 bits per heavy atom. The van der Waals surface area contributed by atoms with E-state index >= 15 is 0 Å². The van der Waals surface area contributed by atoms with E-state index in [1.165, 1.54) is 166 Å². The van der Waals surface area contributed by atoms with E-state index in [0.29, 0.717) is 53.9 Å². The minimum absolute atomic E-state index is 0. The molecule has 0 bridgehead atoms. The topological polar surface area (TPSA) is 185 Å². The van der Waals surface area contributed by atoms with E-state index in [9.17, 15) is 39.0 Å². The fourth-order valence-corrected chi connectivity index (χ4v) is 16.7. The summed E-state index contributed by atoms with van der Waals surface area (Å²) < 4.78 is 14.0. The van der Waals surface area contributed by atoms with Gasteiger partial charge in [-0.1, -0.05) is 250 Å². The third kappa shape index (κ3) is 22.5. The molecule has 6 aromatic rings. The minimum atomic E-state index is -0.410. The van der Waals surface area contributed by atoms with E-state index in [1.54, 1.807) is 60.7 Å². The van der Waals surface area contributed by atoms with Crippen LogP contribution < -0.4 is 10.6 Å². The molecular formula is C81H100Br4N2O10. The number of carbonyl (C=O) groups is 6. The molecule has 0 spiro atoms. The number of ketones is 4. The van der Waals surface area contributed by atoms with Crippen LogP contribution in [0.1, 0.15) is 289 Å². The summed E-state index contributed by atoms with van der Waals surface area (Å²) in [6, 6.07) is 26.6. The molecule has 2 aliphatic carbocycles. The third-order valence-corrected chi connectivity index (χ3v) is 21.5. The molecule has 0 radical (unpaired) electrons. The van der Waals surface area contributed by atoms with Gasteiger partial charge in [0.25, 0.3) is 0 Å². The highest BCUT2D eigenvalue weighted by atomic mass is 79.9. The number of halogens is 4. The molecule has 97 heavy (non-hydrogen) atoms. The summed E-state index contributed by atoms with van der Waals surface area (Å²) in [6.07, 6.45) is 37.5. The molecule has 2 atom stereocenters. The van der Waals surface area contributed by atoms with Gasteiger partial charge in [0.2, 0.25) is 0 Å². The molecule has 16 heteroatoms. The van der Waals surface area contributed by atoms with Crippen LogP contribution in [0.5, 0.6) is 11.5 Å². The van der Waals surface area contributed by atoms with Gasteiger partial charge < -0.3 is 30.3 Å². The van der Waals surface area contributed by atoms with Crippen molar-refractivity contribution in [1.82, 2.24) is 0 Å². The van der Waals surface area contributed by atoms with E-state index in [2.05, 4.69) is 88.2 Å². The van der Waals surface area contributed by atoms with Crippen LogP contribution in [0.2, 0.25) is 0 Å². The van der Waals surface area contributed by atoms with Gasteiger partial charge in [0.1, 0.15) is 11.5 Å². The van der Waals surface area contributed by atoms with E-state index in [-0.39, 0.29) is 99.8 Å². The summed E-state index contributed by atoms with van der Waals surface area (Å²) in [5, 5.41) is 28.0. The van der Waals surface area contributed by atoms with Crippen LogP contribution >= 0.6 is 63.7 Å². The van der Waals surface area contributed by atoms with Crippen molar-refractivity contribution in [1.29, 1.82) is 0 Å². The Labute approximate surface area is 609 Å². The van der Waals surface area contributed by atoms with Crippen LogP contribution in [-0.2, 0) is 31.9 Å². The van der Waals surface area contributed by atoms with Crippen LogP contribution in [0.3, 0.4) is 0 Å². The second-order valence-corrected chi connectivity index (χ2v) is 29.7. The van der Waals surface area contributed by atoms with Gasteiger partial charge in [0, 0.05) is 40.1 Å². The predicted octanol–water partition coefficient (Wildman–Crippen LogP) is 23.7. The van der Waals surface area contributed by atoms with Crippen molar-refractivity contribution in [3.05, 3.63) is 171 Å². The van der Waals surface area contributed by atoms with Crippen molar-refractivity contribution >= 4 is 122 Å². The normalized spacial score (nSPS) is 12.9. The molecule has 522 valence electrons. The number of aromatic hydroxyl groups is 2. The quantitative estimate of drug-likeness (QED) is 0.0161. The molecule has 0 saturated carbocycles. The van der Waals surface area contributed by atoms with Crippen LogP contribution in [-0.4, -0.2) is 58.5 Å². The van der Waals surface area contributed by atoms with Crippen LogP contribution in [0.25, 0.3) is 0 Å². The van der Waals surface area contributed by atoms with Crippen LogP contribution in [0.4, 0.5) is 22.7 Å². The summed E-state index contributed by atoms with van der Waals surface area (Å²) in [5.41, 5.74) is 4.70. The first kappa shape index (κ1) is 78.4. The Hall–Kier alpha value is -5.94. The number of fused-ring (bicyclic) bond motifs is 4. The van der Waals surface area contributed by atoms with Crippen molar-refractivity contribution in [2.24, 2.45) is 11.8 Å². The lowest BCUT2D eigenvalue weighted by Crippen LogP contribution is -2.22. The number of rotatable bonds is 43. The van der Waals surface area contributed by atoms with Crippen molar-refractivity contribution < 1.29 is 48.5 Å². The van der Waals surface area contributed by atoms with Gasteiger partial charge in [-0.3, -0.25) is 28.8 Å². The molecular weight excluding hydrogens is 1480 g/mol. The van der Waals surface area contributed by atoms with Gasteiger partial charge in [0.05, 0.1) is 71.1 Å². The second-order valence-electron chi connectivity index (χ2n) is 26.2. The standard InChI is InChI=1S/C80H96Br4N2O10.CH4/c1-3-5-7-9-11-17-23-33-55(35-25-19-13-15-21-31-45-95-69(89)51-53-47-61(81)75(62(82)48-53)85-65-41-43-67(87)73-71(65)77(91)57-37-27-29-39-59(57)79(73)93)56(34-24-18-12-10-8-6-4-2)36-26-20-14-16-22-32-46-96-70(90)52-54-49-63(83)76(64(84)50-54)86-66-42-44-68(88)74-72(66)78(92)58-38-28-30-40-60(58)80(74)94;/h27-30,37-44,47-50,55-56,85-88H,3-26,31-36,45-46,51-52H2,1-2H3;1H4. The second kappa shape index (κ2) is 41.0. The van der Waals surface area contributed by atoms with E-state index < -0.39 is 11.6 Å². The highest BCUT2D eigenvalue weighted by Gasteiger charge is 2.36. The van der Waals surface area contributed by atoms with Crippen molar-refractivity contribution in [3.8, 4) is 11.5 Å². The summed E-state index contributed by atoms with van der Waals surface area (Å²) in [4.78, 5) is 80.3. The lowest BCUT2D eigenvalue weighted by atomic mass is 9.78. The summed E-state index contributed by atoms with van der Waals surface area (Å²) in [5.74, 6) is -1.07. The fraction of sp³-hybridized carbons (Fsp3) is 0.481. The zero-order valence-corrected chi connectivity index (χ0v) is 62.5. The number of ether oxygens (including phenoxy) is 2. The maximum atomic E-state index is 13.7. The summed E-state index contributed by atoms with van der Waals surface area (Å²) in [6.45, 7) is 5.35. The number of phenolic OH excluding ortho intramolecular Hbond substituents is 2. The molecule has 6 aromatic carbocycles. The molecule has 0 saturated heterocycles. The van der Waals surface area contributed by atoms with Crippen LogP contribution in [0.15, 0.2) is 115 Å². The molecule has 4 N–H and O–H groups in total. The van der Waals surface area contributed by atoms with Crippen molar-refractivity contribution in [3.63, 3.8) is 0 Å². The lowest BCUT2D eigenvalue weighted by Gasteiger charge is -2.28. The zero-order chi connectivity index (χ0) is 68.3. The van der Waals surface area contributed by atoms with Gasteiger partial charge in [-0.25, -0.2) is 0 Å². The number of esters is 2. The number of phenols is 2. The Morgan fingerprint density at radius 2 is 0.649 bits per heavy atom. The van der Waals surface area contributed by atoms with Crippen molar-refractivity contribution in [2.45, 2.75) is 227 Å². The first-order chi connectivity index (χ1) is 46.6. The molecule has 2 unspecified atom stereocenters. The molecule has 12 nitrogen and oxygen atoms in total. The number of benzene rings is 6. The highest BCUT2D eigenvalue weighted by Crippen LogP contribution is 2.44. The van der Waals surface area contributed by atoms with Crippen LogP contribution in [0, 0.1) is 11.8 Å². The Kier molecular flexibility index (Phi) is 33.1. The van der Waals surface area contributed by atoms with Crippen molar-refractivity contribution in [2.75, 3.05) is 23.8 Å². The lowest BCUT2D eigenvalue weighted by molar-refractivity contribution is -0.143. The van der Waals surface area contributed by atoms with E-state index in [4.69, 9.17) is 9.47 Å². The van der Waals surface area contributed by atoms with E-state index in [0.717, 1.165) is 61.5 Å². The molecule has 8 rings (SSSR count). The van der Waals surface area contributed by atoms with Gasteiger partial charge in [0.15, 0.2) is 23.1 Å². The average Bonchev–Trinajstić information content (AvgIpc) is 0.752. The monoisotopic (exact) mass is 1580 g/mol. The SMILES string of the molecule is C.CCCCCCCCCC(CCCCCCCCOC(=O)Cc1cc(Br)c(Nc2ccc(O)c3c2C(=O)c2ccccc2C3=O)c(Br)c1)C(CCCCCCCCC)CCCCCCCCOC(=O)Cc1cc(Br)c(Nc2ccc(O)c3c2C(=O)c2ccccc2C3=O)c(Br)c1. The van der Waals surface area contributed by atoms with Gasteiger partial charge >= 0.3 is 11.9 Å². The third-order valence-electron chi connectivity index (χ3n) is 19.0.